The Hall–Kier alpha value is -4.65. The van der Waals surface area contributed by atoms with Gasteiger partial charge in [-0.3, -0.25) is 14.9 Å². The third-order valence-electron chi connectivity index (χ3n) is 6.62. The van der Waals surface area contributed by atoms with E-state index in [4.69, 9.17) is 4.74 Å². The van der Waals surface area contributed by atoms with E-state index in [1.54, 1.807) is 18.2 Å². The van der Waals surface area contributed by atoms with E-state index in [-0.39, 0.29) is 5.57 Å². The Balaban J connectivity index is 1.43. The number of hydrogen-bond donors (Lipinski definition) is 1. The van der Waals surface area contributed by atoms with Crippen molar-refractivity contribution in [2.24, 2.45) is 0 Å². The second kappa shape index (κ2) is 10.4. The number of benzene rings is 3. The fourth-order valence-electron chi connectivity index (χ4n) is 4.78. The van der Waals surface area contributed by atoms with Gasteiger partial charge in [0.15, 0.2) is 0 Å². The van der Waals surface area contributed by atoms with Crippen LogP contribution in [0.2, 0.25) is 0 Å². The highest BCUT2D eigenvalue weighted by atomic mass is 16.5. The second-order valence-corrected chi connectivity index (χ2v) is 9.44. The van der Waals surface area contributed by atoms with E-state index in [0.717, 1.165) is 44.7 Å². The first-order valence-corrected chi connectivity index (χ1v) is 12.6. The maximum atomic E-state index is 13.4. The number of barbiturate groups is 1. The highest BCUT2D eigenvalue weighted by Crippen LogP contribution is 2.27. The largest absolute Gasteiger partial charge is 0.492 e. The Bertz CT molecular complexity index is 1560. The van der Waals surface area contributed by atoms with Crippen molar-refractivity contribution in [1.82, 2.24) is 9.88 Å². The third kappa shape index (κ3) is 4.95. The molecule has 1 N–H and O–H groups in total. The minimum atomic E-state index is -0.757. The topological polar surface area (TPSA) is 80.6 Å². The Labute approximate surface area is 221 Å². The number of nitrogens with zero attached hydrogens (tertiary/aromatic N) is 2. The molecule has 5 rings (SSSR count). The van der Waals surface area contributed by atoms with E-state index in [1.807, 2.05) is 80.1 Å². The molecule has 0 bridgehead atoms. The van der Waals surface area contributed by atoms with Crippen molar-refractivity contribution in [2.75, 3.05) is 11.5 Å². The van der Waals surface area contributed by atoms with Crippen LogP contribution in [0.4, 0.5) is 10.5 Å². The number of fused-ring (bicyclic) bond motifs is 1. The molecule has 4 amide bonds. The summed E-state index contributed by atoms with van der Waals surface area (Å²) < 4.78 is 8.05. The summed E-state index contributed by atoms with van der Waals surface area (Å²) in [5.41, 5.74) is 5.35. The van der Waals surface area contributed by atoms with Crippen molar-refractivity contribution < 1.29 is 19.1 Å². The van der Waals surface area contributed by atoms with Crippen LogP contribution in [-0.2, 0) is 22.6 Å². The number of aromatic nitrogens is 1. The molecule has 1 aliphatic heterocycles. The van der Waals surface area contributed by atoms with Gasteiger partial charge < -0.3 is 9.30 Å². The van der Waals surface area contributed by atoms with Crippen molar-refractivity contribution in [3.63, 3.8) is 0 Å². The predicted octanol–water partition coefficient (Wildman–Crippen LogP) is 5.57. The average molecular weight is 508 g/mol. The van der Waals surface area contributed by atoms with Gasteiger partial charge >= 0.3 is 6.03 Å². The van der Waals surface area contributed by atoms with Gasteiger partial charge in [0.05, 0.1) is 12.2 Å². The monoisotopic (exact) mass is 507 g/mol. The Morgan fingerprint density at radius 3 is 2.34 bits per heavy atom. The summed E-state index contributed by atoms with van der Waals surface area (Å²) in [5, 5.41) is 3.20. The second-order valence-electron chi connectivity index (χ2n) is 9.44. The molecule has 0 radical (unpaired) electrons. The molecular weight excluding hydrogens is 478 g/mol. The van der Waals surface area contributed by atoms with Gasteiger partial charge in [0.1, 0.15) is 17.9 Å². The number of para-hydroxylation sites is 1. The van der Waals surface area contributed by atoms with Gasteiger partial charge in [0, 0.05) is 22.7 Å². The van der Waals surface area contributed by atoms with Crippen molar-refractivity contribution in [3.8, 4) is 5.75 Å². The zero-order valence-electron chi connectivity index (χ0n) is 21.7. The number of urea groups is 1. The zero-order valence-corrected chi connectivity index (χ0v) is 21.7. The standard InChI is InChI=1S/C31H29N3O4/c1-4-22-9-11-24(12-10-22)34-30(36)27(29(35)32-31(34)37)18-23-19-33(28-8-6-5-7-26(23)28)13-14-38-25-16-20(2)15-21(3)17-25/h5-12,15-19H,4,13-14H2,1-3H3,(H,32,35,37). The molecule has 1 aromatic heterocycles. The van der Waals surface area contributed by atoms with Gasteiger partial charge in [-0.1, -0.05) is 43.3 Å². The van der Waals surface area contributed by atoms with Crippen LogP contribution in [0, 0.1) is 13.8 Å². The molecule has 0 atom stereocenters. The highest BCUT2D eigenvalue weighted by Gasteiger charge is 2.37. The normalized spacial score (nSPS) is 14.9. The van der Waals surface area contributed by atoms with Gasteiger partial charge in [-0.25, -0.2) is 9.69 Å². The Kier molecular flexibility index (Phi) is 6.83. The lowest BCUT2D eigenvalue weighted by atomic mass is 10.1. The first kappa shape index (κ1) is 25.0. The summed E-state index contributed by atoms with van der Waals surface area (Å²) in [4.78, 5) is 39.7. The number of amides is 4. The first-order valence-electron chi connectivity index (χ1n) is 12.6. The number of ether oxygens (including phenoxy) is 1. The molecule has 3 aromatic carbocycles. The molecule has 7 nitrogen and oxygen atoms in total. The van der Waals surface area contributed by atoms with E-state index in [1.165, 1.54) is 0 Å². The lowest BCUT2D eigenvalue weighted by Crippen LogP contribution is -2.54. The molecule has 0 unspecified atom stereocenters. The maximum Gasteiger partial charge on any atom is 0.335 e. The van der Waals surface area contributed by atoms with Gasteiger partial charge in [-0.05, 0) is 73.4 Å². The molecule has 0 aliphatic carbocycles. The smallest absolute Gasteiger partial charge is 0.335 e. The summed E-state index contributed by atoms with van der Waals surface area (Å²) in [6.45, 7) is 7.13. The van der Waals surface area contributed by atoms with Crippen molar-refractivity contribution in [3.05, 3.63) is 101 Å². The lowest BCUT2D eigenvalue weighted by Gasteiger charge is -2.26. The van der Waals surface area contributed by atoms with Crippen LogP contribution in [0.15, 0.2) is 78.5 Å². The predicted molar refractivity (Wildman–Crippen MR) is 148 cm³/mol. The first-order chi connectivity index (χ1) is 18.3. The number of imide groups is 2. The molecule has 0 spiro atoms. The molecular formula is C31H29N3O4. The molecule has 1 aliphatic rings. The number of aryl methyl sites for hydroxylation is 3. The van der Waals surface area contributed by atoms with Crippen LogP contribution < -0.4 is 15.0 Å². The van der Waals surface area contributed by atoms with Crippen LogP contribution >= 0.6 is 0 Å². The van der Waals surface area contributed by atoms with Crippen LogP contribution in [0.3, 0.4) is 0 Å². The number of carbonyl (C=O) groups is 3. The number of nitrogens with one attached hydrogen (secondary N) is 1. The molecule has 7 heteroatoms. The van der Waals surface area contributed by atoms with Crippen LogP contribution in [0.5, 0.6) is 5.75 Å². The molecule has 1 saturated heterocycles. The maximum absolute atomic E-state index is 13.4. The summed E-state index contributed by atoms with van der Waals surface area (Å²) >= 11 is 0. The van der Waals surface area contributed by atoms with E-state index < -0.39 is 17.8 Å². The number of rotatable bonds is 7. The Morgan fingerprint density at radius 2 is 1.63 bits per heavy atom. The molecule has 192 valence electrons. The zero-order chi connectivity index (χ0) is 26.8. The van der Waals surface area contributed by atoms with Crippen LogP contribution in [-0.4, -0.2) is 29.0 Å². The fraction of sp³-hybridized carbons (Fsp3) is 0.194. The van der Waals surface area contributed by atoms with Crippen molar-refractivity contribution >= 4 is 40.5 Å². The number of anilines is 1. The summed E-state index contributed by atoms with van der Waals surface area (Å²) in [7, 11) is 0. The fourth-order valence-corrected chi connectivity index (χ4v) is 4.78. The number of carbonyl (C=O) groups excluding carboxylic acids is 3. The van der Waals surface area contributed by atoms with Gasteiger partial charge in [0.2, 0.25) is 0 Å². The van der Waals surface area contributed by atoms with Gasteiger partial charge in [0.25, 0.3) is 11.8 Å². The van der Waals surface area contributed by atoms with Crippen LogP contribution in [0.25, 0.3) is 17.0 Å². The Morgan fingerprint density at radius 1 is 0.921 bits per heavy atom. The molecule has 4 aromatic rings. The molecule has 0 saturated carbocycles. The summed E-state index contributed by atoms with van der Waals surface area (Å²) in [5.74, 6) is -0.545. The van der Waals surface area contributed by atoms with Crippen molar-refractivity contribution in [1.29, 1.82) is 0 Å². The van der Waals surface area contributed by atoms with Crippen molar-refractivity contribution in [2.45, 2.75) is 33.7 Å². The highest BCUT2D eigenvalue weighted by molar-refractivity contribution is 6.39. The minimum absolute atomic E-state index is 0.0986. The third-order valence-corrected chi connectivity index (χ3v) is 6.62. The quantitative estimate of drug-likeness (QED) is 0.262. The van der Waals surface area contributed by atoms with E-state index >= 15 is 0 Å². The number of hydrogen-bond acceptors (Lipinski definition) is 4. The molecule has 1 fully saturated rings. The summed E-state index contributed by atoms with van der Waals surface area (Å²) in [6.07, 6.45) is 4.30. The van der Waals surface area contributed by atoms with E-state index in [2.05, 4.69) is 11.4 Å². The van der Waals surface area contributed by atoms with Gasteiger partial charge in [-0.2, -0.15) is 0 Å². The lowest BCUT2D eigenvalue weighted by molar-refractivity contribution is -0.122. The minimum Gasteiger partial charge on any atom is -0.492 e. The van der Waals surface area contributed by atoms with Gasteiger partial charge in [-0.15, -0.1) is 0 Å². The van der Waals surface area contributed by atoms with E-state index in [9.17, 15) is 14.4 Å². The van der Waals surface area contributed by atoms with Crippen LogP contribution in [0.1, 0.15) is 29.2 Å². The summed E-state index contributed by atoms with van der Waals surface area (Å²) in [6, 6.07) is 20.3. The molecule has 38 heavy (non-hydrogen) atoms. The SMILES string of the molecule is CCc1ccc(N2C(=O)NC(=O)C(=Cc3cn(CCOc4cc(C)cc(C)c4)c4ccccc34)C2=O)cc1. The van der Waals surface area contributed by atoms with E-state index in [0.29, 0.717) is 24.4 Å². The molecule has 2 heterocycles. The average Bonchev–Trinajstić information content (AvgIpc) is 3.23.